The Hall–Kier alpha value is -3.12. The Labute approximate surface area is 184 Å². The minimum Gasteiger partial charge on any atom is -0.324 e. The molecular formula is C25H28N2O3S. The van der Waals surface area contributed by atoms with Crippen molar-refractivity contribution < 1.29 is 13.2 Å². The van der Waals surface area contributed by atoms with Crippen LogP contribution in [0.4, 0.5) is 11.4 Å². The molecule has 1 amide bonds. The van der Waals surface area contributed by atoms with Crippen molar-refractivity contribution in [2.24, 2.45) is 0 Å². The second kappa shape index (κ2) is 9.35. The minimum atomic E-state index is -3.93. The predicted octanol–water partition coefficient (Wildman–Crippen LogP) is 5.26. The largest absolute Gasteiger partial charge is 0.324 e. The average Bonchev–Trinajstić information content (AvgIpc) is 2.72. The molecule has 0 bridgehead atoms. The van der Waals surface area contributed by atoms with Gasteiger partial charge >= 0.3 is 0 Å². The summed E-state index contributed by atoms with van der Waals surface area (Å²) in [5.41, 5.74) is 4.01. The van der Waals surface area contributed by atoms with E-state index in [1.54, 1.807) is 30.3 Å². The lowest BCUT2D eigenvalue weighted by Gasteiger charge is -2.25. The molecule has 0 heterocycles. The van der Waals surface area contributed by atoms with Gasteiger partial charge in [-0.05, 0) is 66.8 Å². The first-order chi connectivity index (χ1) is 14.7. The molecule has 0 aliphatic rings. The Balaban J connectivity index is 1.99. The number of para-hydroxylation sites is 1. The second-order valence-corrected chi connectivity index (χ2v) is 9.82. The summed E-state index contributed by atoms with van der Waals surface area (Å²) in [4.78, 5) is 13.1. The maximum Gasteiger partial charge on any atom is 0.264 e. The van der Waals surface area contributed by atoms with Gasteiger partial charge in [0.1, 0.15) is 6.54 Å². The molecule has 3 rings (SSSR count). The molecule has 0 saturated heterocycles. The summed E-state index contributed by atoms with van der Waals surface area (Å²) in [6, 6.07) is 21.3. The van der Waals surface area contributed by atoms with Gasteiger partial charge in [-0.1, -0.05) is 56.3 Å². The van der Waals surface area contributed by atoms with Crippen molar-refractivity contribution >= 4 is 27.3 Å². The van der Waals surface area contributed by atoms with Crippen LogP contribution in [0.15, 0.2) is 77.7 Å². The Morgan fingerprint density at radius 3 is 2.10 bits per heavy atom. The molecule has 162 valence electrons. The van der Waals surface area contributed by atoms with Gasteiger partial charge < -0.3 is 5.32 Å². The minimum absolute atomic E-state index is 0.143. The van der Waals surface area contributed by atoms with Crippen LogP contribution in [0.5, 0.6) is 0 Å². The van der Waals surface area contributed by atoms with E-state index in [1.807, 2.05) is 58.0 Å². The Bertz CT molecular complexity index is 1150. The first-order valence-electron chi connectivity index (χ1n) is 10.2. The van der Waals surface area contributed by atoms with E-state index in [1.165, 1.54) is 16.4 Å². The van der Waals surface area contributed by atoms with E-state index in [9.17, 15) is 13.2 Å². The van der Waals surface area contributed by atoms with Gasteiger partial charge in [0.2, 0.25) is 5.91 Å². The Kier molecular flexibility index (Phi) is 6.81. The smallest absolute Gasteiger partial charge is 0.264 e. The number of amides is 1. The normalized spacial score (nSPS) is 11.4. The third-order valence-electron chi connectivity index (χ3n) is 4.97. The van der Waals surface area contributed by atoms with Gasteiger partial charge in [-0.25, -0.2) is 8.42 Å². The molecule has 3 aromatic rings. The fourth-order valence-corrected chi connectivity index (χ4v) is 4.99. The van der Waals surface area contributed by atoms with Gasteiger partial charge in [-0.15, -0.1) is 0 Å². The number of nitrogens with one attached hydrogen (secondary N) is 1. The fourth-order valence-electron chi connectivity index (χ4n) is 3.56. The maximum atomic E-state index is 13.5. The molecule has 1 N–H and O–H groups in total. The zero-order chi connectivity index (χ0) is 22.6. The quantitative estimate of drug-likeness (QED) is 0.549. The number of carbonyl (C=O) groups is 1. The van der Waals surface area contributed by atoms with E-state index in [-0.39, 0.29) is 17.4 Å². The van der Waals surface area contributed by atoms with E-state index in [0.29, 0.717) is 11.4 Å². The molecule has 0 unspecified atom stereocenters. The van der Waals surface area contributed by atoms with Crippen molar-refractivity contribution in [3.8, 4) is 0 Å². The zero-order valence-corrected chi connectivity index (χ0v) is 19.1. The lowest BCUT2D eigenvalue weighted by atomic mass is 10.0. The van der Waals surface area contributed by atoms with Crippen molar-refractivity contribution in [2.75, 3.05) is 16.2 Å². The van der Waals surface area contributed by atoms with E-state index in [0.717, 1.165) is 16.7 Å². The molecule has 0 saturated carbocycles. The fraction of sp³-hybridized carbons (Fsp3) is 0.240. The highest BCUT2D eigenvalue weighted by molar-refractivity contribution is 7.92. The number of anilines is 2. The first-order valence-corrected chi connectivity index (χ1v) is 11.7. The van der Waals surface area contributed by atoms with E-state index in [4.69, 9.17) is 0 Å². The highest BCUT2D eigenvalue weighted by atomic mass is 32.2. The molecule has 31 heavy (non-hydrogen) atoms. The summed E-state index contributed by atoms with van der Waals surface area (Å²) in [5, 5.41) is 2.90. The standard InChI is InChI=1S/C25H28N2O3S/c1-18(2)23-12-8-9-13-24(23)26-25(28)17-27(21-15-19(3)14-20(4)16-21)31(29,30)22-10-6-5-7-11-22/h5-16,18H,17H2,1-4H3,(H,26,28). The van der Waals surface area contributed by atoms with Gasteiger partial charge in [0, 0.05) is 5.69 Å². The maximum absolute atomic E-state index is 13.5. The highest BCUT2D eigenvalue weighted by Gasteiger charge is 2.27. The van der Waals surface area contributed by atoms with E-state index >= 15 is 0 Å². The van der Waals surface area contributed by atoms with Crippen LogP contribution in [-0.2, 0) is 14.8 Å². The monoisotopic (exact) mass is 436 g/mol. The van der Waals surface area contributed by atoms with Crippen LogP contribution in [-0.4, -0.2) is 20.9 Å². The molecule has 0 atom stereocenters. The first kappa shape index (κ1) is 22.6. The summed E-state index contributed by atoms with van der Waals surface area (Å²) in [5.74, 6) is -0.174. The lowest BCUT2D eigenvalue weighted by Crippen LogP contribution is -2.38. The molecule has 0 fully saturated rings. The highest BCUT2D eigenvalue weighted by Crippen LogP contribution is 2.27. The SMILES string of the molecule is Cc1cc(C)cc(N(CC(=O)Nc2ccccc2C(C)C)S(=O)(=O)c2ccccc2)c1. The van der Waals surface area contributed by atoms with Crippen molar-refractivity contribution in [3.05, 3.63) is 89.5 Å². The Morgan fingerprint density at radius 1 is 0.903 bits per heavy atom. The van der Waals surface area contributed by atoms with Crippen LogP contribution >= 0.6 is 0 Å². The number of rotatable bonds is 7. The molecule has 0 aromatic heterocycles. The number of sulfonamides is 1. The van der Waals surface area contributed by atoms with Crippen LogP contribution in [0.3, 0.4) is 0 Å². The molecule has 0 radical (unpaired) electrons. The van der Waals surface area contributed by atoms with Crippen molar-refractivity contribution in [1.29, 1.82) is 0 Å². The molecule has 5 nitrogen and oxygen atoms in total. The van der Waals surface area contributed by atoms with Crippen molar-refractivity contribution in [1.82, 2.24) is 0 Å². The van der Waals surface area contributed by atoms with Crippen molar-refractivity contribution in [3.63, 3.8) is 0 Å². The van der Waals surface area contributed by atoms with Gasteiger partial charge in [-0.3, -0.25) is 9.10 Å². The number of hydrogen-bond donors (Lipinski definition) is 1. The van der Waals surface area contributed by atoms with E-state index < -0.39 is 15.9 Å². The third-order valence-corrected chi connectivity index (χ3v) is 6.76. The van der Waals surface area contributed by atoms with Crippen molar-refractivity contribution in [2.45, 2.75) is 38.5 Å². The lowest BCUT2D eigenvalue weighted by molar-refractivity contribution is -0.114. The van der Waals surface area contributed by atoms with Crippen LogP contribution in [0.2, 0.25) is 0 Å². The van der Waals surface area contributed by atoms with Gasteiger partial charge in [-0.2, -0.15) is 0 Å². The second-order valence-electron chi connectivity index (χ2n) is 7.96. The van der Waals surface area contributed by atoms with Gasteiger partial charge in [0.05, 0.1) is 10.6 Å². The molecule has 6 heteroatoms. The van der Waals surface area contributed by atoms with Gasteiger partial charge in [0.25, 0.3) is 10.0 Å². The Morgan fingerprint density at radius 2 is 1.48 bits per heavy atom. The van der Waals surface area contributed by atoms with Crippen LogP contribution in [0, 0.1) is 13.8 Å². The van der Waals surface area contributed by atoms with Crippen LogP contribution < -0.4 is 9.62 Å². The molecule has 0 spiro atoms. The molecule has 0 aliphatic carbocycles. The van der Waals surface area contributed by atoms with Gasteiger partial charge in [0.15, 0.2) is 0 Å². The van der Waals surface area contributed by atoms with E-state index in [2.05, 4.69) is 5.32 Å². The zero-order valence-electron chi connectivity index (χ0n) is 18.3. The summed E-state index contributed by atoms with van der Waals surface area (Å²) in [6.45, 7) is 7.58. The summed E-state index contributed by atoms with van der Waals surface area (Å²) in [7, 11) is -3.93. The average molecular weight is 437 g/mol. The predicted molar refractivity (Wildman–Crippen MR) is 126 cm³/mol. The third kappa shape index (κ3) is 5.33. The number of aryl methyl sites for hydroxylation is 2. The number of benzene rings is 3. The summed E-state index contributed by atoms with van der Waals surface area (Å²) in [6.07, 6.45) is 0. The summed E-state index contributed by atoms with van der Waals surface area (Å²) < 4.78 is 28.1. The number of carbonyl (C=O) groups excluding carboxylic acids is 1. The molecule has 3 aromatic carbocycles. The topological polar surface area (TPSA) is 66.5 Å². The molecular weight excluding hydrogens is 408 g/mol. The van der Waals surface area contributed by atoms with Crippen LogP contribution in [0.25, 0.3) is 0 Å². The summed E-state index contributed by atoms with van der Waals surface area (Å²) >= 11 is 0. The molecule has 0 aliphatic heterocycles. The number of nitrogens with zero attached hydrogens (tertiary/aromatic N) is 1. The van der Waals surface area contributed by atoms with Crippen LogP contribution in [0.1, 0.15) is 36.5 Å². The number of hydrogen-bond acceptors (Lipinski definition) is 3.